The molecule has 8 aromatic rings. The van der Waals surface area contributed by atoms with Crippen LogP contribution in [-0.4, -0.2) is 17.2 Å². The molecule has 0 saturated heterocycles. The van der Waals surface area contributed by atoms with Crippen LogP contribution in [0.15, 0.2) is 193 Å². The predicted octanol–water partition coefficient (Wildman–Crippen LogP) is 10.2. The minimum Gasteiger partial charge on any atom is -0.317 e. The maximum absolute atomic E-state index is 2.54. The number of nitrogens with zero attached hydrogens (tertiary/aromatic N) is 2. The van der Waals surface area contributed by atoms with E-state index < -0.39 is 8.07 Å². The van der Waals surface area contributed by atoms with Crippen molar-refractivity contribution in [1.29, 1.82) is 0 Å². The zero-order valence-corrected chi connectivity index (χ0v) is 28.7. The highest BCUT2D eigenvalue weighted by Crippen LogP contribution is 2.48. The molecule has 0 bridgehead atoms. The van der Waals surface area contributed by atoms with Gasteiger partial charge in [-0.05, 0) is 106 Å². The molecule has 0 N–H and O–H groups in total. The Balaban J connectivity index is 1.24. The molecule has 49 heavy (non-hydrogen) atoms. The fourth-order valence-electron chi connectivity index (χ4n) is 8.36. The lowest BCUT2D eigenvalue weighted by molar-refractivity contribution is 1.13. The zero-order valence-electron chi connectivity index (χ0n) is 27.7. The van der Waals surface area contributed by atoms with Gasteiger partial charge in [-0.25, -0.2) is 0 Å². The smallest absolute Gasteiger partial charge is 0.172 e. The third-order valence-corrected chi connectivity index (χ3v) is 15.8. The van der Waals surface area contributed by atoms with Crippen molar-refractivity contribution >= 4 is 51.4 Å². The van der Waals surface area contributed by atoms with Gasteiger partial charge in [0.2, 0.25) is 0 Å². The number of allylic oxidation sites excluding steroid dienone is 4. The van der Waals surface area contributed by atoms with E-state index in [1.807, 2.05) is 0 Å². The van der Waals surface area contributed by atoms with Crippen molar-refractivity contribution in [2.45, 2.75) is 13.8 Å². The van der Waals surface area contributed by atoms with Gasteiger partial charge >= 0.3 is 0 Å². The molecule has 0 aliphatic carbocycles. The van der Waals surface area contributed by atoms with E-state index in [1.165, 1.54) is 76.2 Å². The number of aromatic nitrogens is 2. The molecule has 0 saturated carbocycles. The van der Waals surface area contributed by atoms with Crippen LogP contribution >= 0.6 is 0 Å². The van der Waals surface area contributed by atoms with Crippen molar-refractivity contribution in [3.63, 3.8) is 0 Å². The van der Waals surface area contributed by atoms with Crippen LogP contribution in [0, 0.1) is 0 Å². The van der Waals surface area contributed by atoms with Gasteiger partial charge in [-0.3, -0.25) is 0 Å². The summed E-state index contributed by atoms with van der Waals surface area (Å²) in [5.41, 5.74) is 10.0. The molecule has 0 radical (unpaired) electrons. The number of hydrogen-bond donors (Lipinski definition) is 0. The summed E-state index contributed by atoms with van der Waals surface area (Å²) in [7, 11) is -2.54. The molecule has 6 aromatic carbocycles. The van der Waals surface area contributed by atoms with Crippen LogP contribution in [-0.2, 0) is 0 Å². The van der Waals surface area contributed by atoms with Gasteiger partial charge in [0.1, 0.15) is 0 Å². The number of para-hydroxylation sites is 2. The molecule has 0 fully saturated rings. The van der Waals surface area contributed by atoms with E-state index in [0.717, 1.165) is 0 Å². The van der Waals surface area contributed by atoms with E-state index in [2.05, 4.69) is 205 Å². The van der Waals surface area contributed by atoms with Gasteiger partial charge < -0.3 is 9.13 Å². The van der Waals surface area contributed by atoms with E-state index in [0.29, 0.717) is 0 Å². The second-order valence-electron chi connectivity index (χ2n) is 13.1. The van der Waals surface area contributed by atoms with Crippen LogP contribution < -0.4 is 10.4 Å². The first-order valence-electron chi connectivity index (χ1n) is 17.0. The highest BCUT2D eigenvalue weighted by atomic mass is 28.3. The lowest BCUT2D eigenvalue weighted by Crippen LogP contribution is -2.60. The van der Waals surface area contributed by atoms with Crippen LogP contribution in [0.4, 0.5) is 0 Å². The van der Waals surface area contributed by atoms with Gasteiger partial charge in [0, 0.05) is 23.8 Å². The molecule has 0 unspecified atom stereocenters. The summed E-state index contributed by atoms with van der Waals surface area (Å²) in [6.07, 6.45) is 4.35. The Morgan fingerprint density at radius 2 is 0.735 bits per heavy atom. The molecule has 1 aliphatic heterocycles. The number of hydrogen-bond acceptors (Lipinski definition) is 0. The minimum atomic E-state index is -2.54. The van der Waals surface area contributed by atoms with Gasteiger partial charge in [-0.2, -0.15) is 0 Å². The molecule has 0 amide bonds. The largest absolute Gasteiger partial charge is 0.317 e. The second kappa shape index (κ2) is 11.7. The van der Waals surface area contributed by atoms with Crippen molar-refractivity contribution in [3.8, 4) is 11.4 Å². The Hall–Kier alpha value is -5.90. The second-order valence-corrected chi connectivity index (χ2v) is 17.2. The maximum Gasteiger partial charge on any atom is 0.172 e. The summed E-state index contributed by atoms with van der Waals surface area (Å²) >= 11 is 0. The quantitative estimate of drug-likeness (QED) is 0.160. The van der Waals surface area contributed by atoms with E-state index in [1.54, 1.807) is 0 Å². The fourth-order valence-corrected chi connectivity index (χ4v) is 13.7. The summed E-state index contributed by atoms with van der Waals surface area (Å²) in [5.74, 6) is 0. The Labute approximate surface area is 288 Å². The Bertz CT molecular complexity index is 2350. The average Bonchev–Trinajstić information content (AvgIpc) is 3.86. The standard InChI is InChI=1S/C46H36N2Si/c1-33-45(37-21-25-39(26-22-37)47-31-29-35-13-9-11-19-43(35)47)46(34(2)49(33,41-15-5-3-6-16-41)42-17-7-4-8-18-42)38-23-27-40(28-24-38)48-32-30-36-14-10-12-20-44(36)48/h3-32H,1-2H3. The van der Waals surface area contributed by atoms with Gasteiger partial charge in [-0.1, -0.05) is 132 Å². The highest BCUT2D eigenvalue weighted by molar-refractivity contribution is 7.14. The van der Waals surface area contributed by atoms with Crippen LogP contribution in [0.3, 0.4) is 0 Å². The van der Waals surface area contributed by atoms with Crippen LogP contribution in [0.2, 0.25) is 0 Å². The van der Waals surface area contributed by atoms with Crippen molar-refractivity contribution in [2.24, 2.45) is 0 Å². The number of fused-ring (bicyclic) bond motifs is 2. The van der Waals surface area contributed by atoms with Gasteiger partial charge in [0.25, 0.3) is 0 Å². The molecule has 2 nitrogen and oxygen atoms in total. The average molecular weight is 645 g/mol. The summed E-state index contributed by atoms with van der Waals surface area (Å²) < 4.78 is 4.57. The lowest BCUT2D eigenvalue weighted by atomic mass is 9.91. The maximum atomic E-state index is 2.41. The summed E-state index contributed by atoms with van der Waals surface area (Å²) in [6, 6.07) is 62.5. The third kappa shape index (κ3) is 4.54. The molecule has 1 aliphatic rings. The molecule has 9 rings (SSSR count). The van der Waals surface area contributed by atoms with Crippen molar-refractivity contribution in [2.75, 3.05) is 0 Å². The molecule has 3 heteroatoms. The molecule has 3 heterocycles. The van der Waals surface area contributed by atoms with Gasteiger partial charge in [0.15, 0.2) is 8.07 Å². The minimum absolute atomic E-state index is 1.17. The SMILES string of the molecule is CC1=C(c2ccc(-n3ccc4ccccc43)cc2)C(c2ccc(-n3ccc4ccccc43)cc2)=C(C)[Si]1(c1ccccc1)c1ccccc1. The lowest BCUT2D eigenvalue weighted by Gasteiger charge is -2.32. The first-order valence-corrected chi connectivity index (χ1v) is 19.0. The highest BCUT2D eigenvalue weighted by Gasteiger charge is 2.48. The van der Waals surface area contributed by atoms with E-state index in [-0.39, 0.29) is 0 Å². The fraction of sp³-hybridized carbons (Fsp3) is 0.0435. The number of benzene rings is 6. The van der Waals surface area contributed by atoms with Crippen LogP contribution in [0.1, 0.15) is 25.0 Å². The topological polar surface area (TPSA) is 9.86 Å². The third-order valence-electron chi connectivity index (χ3n) is 10.6. The first kappa shape index (κ1) is 29.3. The summed E-state index contributed by atoms with van der Waals surface area (Å²) in [5, 5.41) is 8.32. The van der Waals surface area contributed by atoms with Crippen LogP contribution in [0.5, 0.6) is 0 Å². The monoisotopic (exact) mass is 644 g/mol. The first-order chi connectivity index (χ1) is 24.1. The molecular weight excluding hydrogens is 609 g/mol. The van der Waals surface area contributed by atoms with E-state index in [9.17, 15) is 0 Å². The predicted molar refractivity (Wildman–Crippen MR) is 210 cm³/mol. The van der Waals surface area contributed by atoms with E-state index >= 15 is 0 Å². The Morgan fingerprint density at radius 3 is 1.14 bits per heavy atom. The Kier molecular flexibility index (Phi) is 6.96. The van der Waals surface area contributed by atoms with Gasteiger partial charge in [-0.15, -0.1) is 0 Å². The molecular formula is C46H36N2Si. The molecule has 2 aromatic heterocycles. The Morgan fingerprint density at radius 1 is 0.367 bits per heavy atom. The zero-order chi connectivity index (χ0) is 33.0. The van der Waals surface area contributed by atoms with Crippen LogP contribution in [0.25, 0.3) is 44.3 Å². The van der Waals surface area contributed by atoms with E-state index in [4.69, 9.17) is 0 Å². The van der Waals surface area contributed by atoms with Gasteiger partial charge in [0.05, 0.1) is 11.0 Å². The van der Waals surface area contributed by atoms with Crippen molar-refractivity contribution < 1.29 is 0 Å². The summed E-state index contributed by atoms with van der Waals surface area (Å²) in [4.78, 5) is 0. The number of rotatable bonds is 6. The molecule has 0 spiro atoms. The van der Waals surface area contributed by atoms with Crippen molar-refractivity contribution in [3.05, 3.63) is 204 Å². The molecule has 0 atom stereocenters. The van der Waals surface area contributed by atoms with Crippen molar-refractivity contribution in [1.82, 2.24) is 9.13 Å². The normalized spacial score (nSPS) is 14.3. The summed E-state index contributed by atoms with van der Waals surface area (Å²) in [6.45, 7) is 4.82. The molecule has 234 valence electrons.